The van der Waals surface area contributed by atoms with Crippen LogP contribution >= 0.6 is 11.6 Å². The molecule has 0 bridgehead atoms. The van der Waals surface area contributed by atoms with Gasteiger partial charge in [-0.3, -0.25) is 18.8 Å². The number of nitrogens with zero attached hydrogens (tertiary/aromatic N) is 2. The highest BCUT2D eigenvalue weighted by Gasteiger charge is 2.45. The molecule has 0 saturated heterocycles. The first-order valence-corrected chi connectivity index (χ1v) is 16.1. The predicted molar refractivity (Wildman–Crippen MR) is 168 cm³/mol. The number of sulfonamides is 1. The summed E-state index contributed by atoms with van der Waals surface area (Å²) in [4.78, 5) is 26.9. The minimum Gasteiger partial charge on any atom is -0.484 e. The molecule has 13 heteroatoms. The van der Waals surface area contributed by atoms with Crippen LogP contribution in [0.25, 0.3) is 11.6 Å². The molecule has 0 aliphatic carbocycles. The molecule has 7 nitrogen and oxygen atoms in total. The number of carbonyl (C=O) groups excluding carboxylic acids is 2. The van der Waals surface area contributed by atoms with Crippen LogP contribution in [0, 0.1) is 5.82 Å². The van der Waals surface area contributed by atoms with E-state index < -0.39 is 63.0 Å². The fraction of sp³-hybridized carbons (Fsp3) is 0.176. The van der Waals surface area contributed by atoms with Crippen molar-refractivity contribution >= 4 is 50.8 Å². The second-order valence-electron chi connectivity index (χ2n) is 11.1. The Labute approximate surface area is 272 Å². The van der Waals surface area contributed by atoms with Crippen LogP contribution < -0.4 is 9.04 Å². The number of amides is 2. The van der Waals surface area contributed by atoms with E-state index in [2.05, 4.69) is 0 Å². The van der Waals surface area contributed by atoms with E-state index in [1.807, 2.05) is 0 Å². The molecule has 0 spiro atoms. The number of halogens is 5. The highest BCUT2D eigenvalue weighted by atomic mass is 35.5. The topological polar surface area (TPSA) is 84.0 Å². The van der Waals surface area contributed by atoms with Crippen molar-refractivity contribution in [3.05, 3.63) is 124 Å². The van der Waals surface area contributed by atoms with Gasteiger partial charge in [-0.05, 0) is 79.6 Å². The van der Waals surface area contributed by atoms with E-state index in [-0.39, 0.29) is 33.1 Å². The molecule has 4 aromatic rings. The zero-order chi connectivity index (χ0) is 33.8. The van der Waals surface area contributed by atoms with Crippen LogP contribution in [0.3, 0.4) is 0 Å². The molecule has 242 valence electrons. The Morgan fingerprint density at radius 1 is 0.957 bits per heavy atom. The van der Waals surface area contributed by atoms with Crippen molar-refractivity contribution in [2.24, 2.45) is 0 Å². The highest BCUT2D eigenvalue weighted by Crippen LogP contribution is 2.41. The van der Waals surface area contributed by atoms with E-state index in [1.54, 1.807) is 31.2 Å². The molecule has 4 aromatic carbocycles. The second-order valence-corrected chi connectivity index (χ2v) is 13.4. The van der Waals surface area contributed by atoms with E-state index in [0.717, 1.165) is 27.4 Å². The number of carbonyl (C=O) groups is 2. The maximum absolute atomic E-state index is 14.6. The van der Waals surface area contributed by atoms with Crippen molar-refractivity contribution in [3.63, 3.8) is 0 Å². The fourth-order valence-electron chi connectivity index (χ4n) is 5.76. The van der Waals surface area contributed by atoms with Crippen molar-refractivity contribution < 1.29 is 40.3 Å². The number of imide groups is 1. The number of alkyl halides is 3. The van der Waals surface area contributed by atoms with Crippen LogP contribution in [0.2, 0.25) is 5.02 Å². The van der Waals surface area contributed by atoms with E-state index in [9.17, 15) is 35.6 Å². The highest BCUT2D eigenvalue weighted by molar-refractivity contribution is 7.92. The molecule has 0 saturated carbocycles. The molecule has 0 unspecified atom stereocenters. The minimum atomic E-state index is -4.81. The monoisotopic (exact) mass is 684 g/mol. The summed E-state index contributed by atoms with van der Waals surface area (Å²) < 4.78 is 90.8. The Bertz CT molecular complexity index is 2030. The van der Waals surface area contributed by atoms with E-state index in [0.29, 0.717) is 17.2 Å². The van der Waals surface area contributed by atoms with Crippen molar-refractivity contribution in [3.8, 4) is 5.75 Å². The van der Waals surface area contributed by atoms with E-state index in [1.165, 1.54) is 49.4 Å². The smallest absolute Gasteiger partial charge is 0.416 e. The summed E-state index contributed by atoms with van der Waals surface area (Å²) in [7, 11) is -4.68. The number of anilines is 1. The third-order valence-corrected chi connectivity index (χ3v) is 10.2. The zero-order valence-electron chi connectivity index (χ0n) is 24.8. The lowest BCUT2D eigenvalue weighted by atomic mass is 10.0. The van der Waals surface area contributed by atoms with Gasteiger partial charge in [-0.1, -0.05) is 48.0 Å². The van der Waals surface area contributed by atoms with E-state index >= 15 is 0 Å². The van der Waals surface area contributed by atoms with Crippen LogP contribution in [0.4, 0.5) is 23.2 Å². The average Bonchev–Trinajstić information content (AvgIpc) is 3.28. The molecule has 0 N–H and O–H groups in total. The van der Waals surface area contributed by atoms with Gasteiger partial charge in [0.25, 0.3) is 21.8 Å². The lowest BCUT2D eigenvalue weighted by molar-refractivity contribution is -0.137. The van der Waals surface area contributed by atoms with Crippen molar-refractivity contribution in [1.29, 1.82) is 0 Å². The van der Waals surface area contributed by atoms with Crippen molar-refractivity contribution in [2.45, 2.75) is 37.1 Å². The van der Waals surface area contributed by atoms with Gasteiger partial charge in [0.1, 0.15) is 17.7 Å². The Morgan fingerprint density at radius 3 is 2.26 bits per heavy atom. The number of rotatable bonds is 6. The summed E-state index contributed by atoms with van der Waals surface area (Å²) in [6.07, 6.45) is -4.33. The third-order valence-electron chi connectivity index (χ3n) is 8.14. The second kappa shape index (κ2) is 11.8. The summed E-state index contributed by atoms with van der Waals surface area (Å²) in [6.45, 7) is 2.70. The number of fused-ring (bicyclic) bond motifs is 2. The third kappa shape index (κ3) is 5.76. The molecule has 0 radical (unpaired) electrons. The number of benzene rings is 4. The first-order chi connectivity index (χ1) is 22.2. The summed E-state index contributed by atoms with van der Waals surface area (Å²) >= 11 is 6.23. The van der Waals surface area contributed by atoms with E-state index in [4.69, 9.17) is 16.3 Å². The quantitative estimate of drug-likeness (QED) is 0.118. The van der Waals surface area contributed by atoms with Crippen molar-refractivity contribution in [2.75, 3.05) is 10.8 Å². The van der Waals surface area contributed by atoms with Gasteiger partial charge < -0.3 is 4.74 Å². The summed E-state index contributed by atoms with van der Waals surface area (Å²) in [5.41, 5.74) is 0.207. The zero-order valence-corrected chi connectivity index (χ0v) is 26.3. The van der Waals surface area contributed by atoms with Gasteiger partial charge in [0.2, 0.25) is 0 Å². The molecule has 2 aliphatic rings. The largest absolute Gasteiger partial charge is 0.484 e. The number of hydrogen-bond acceptors (Lipinski definition) is 5. The van der Waals surface area contributed by atoms with Gasteiger partial charge in [0.15, 0.2) is 0 Å². The van der Waals surface area contributed by atoms with Crippen LogP contribution in [0.15, 0.2) is 89.8 Å². The molecular weight excluding hydrogens is 660 g/mol. The number of allylic oxidation sites excluding steroid dienone is 1. The predicted octanol–water partition coefficient (Wildman–Crippen LogP) is 7.70. The lowest BCUT2D eigenvalue weighted by Crippen LogP contribution is -2.54. The Morgan fingerprint density at radius 2 is 1.62 bits per heavy atom. The van der Waals surface area contributed by atoms with Crippen LogP contribution in [0.5, 0.6) is 5.75 Å². The number of hydrogen-bond donors (Lipinski definition) is 0. The summed E-state index contributed by atoms with van der Waals surface area (Å²) in [5, 5.41) is 0.166. The van der Waals surface area contributed by atoms with Gasteiger partial charge >= 0.3 is 6.18 Å². The lowest BCUT2D eigenvalue weighted by Gasteiger charge is -2.39. The molecule has 47 heavy (non-hydrogen) atoms. The summed E-state index contributed by atoms with van der Waals surface area (Å²) in [5.74, 6) is -1.68. The van der Waals surface area contributed by atoms with Gasteiger partial charge in [-0.15, -0.1) is 0 Å². The molecular formula is C34H25ClF4N2O5S. The SMILES string of the molecule is C/C(=C\c1ccc2c(c1)N(S(=O)(=O)c1cccc(C(F)(F)F)c1)C[C@H]([C@@H](C)N1C(=O)c3ccccc3C1=O)O2)c1c(F)cccc1Cl. The average molecular weight is 685 g/mol. The standard InChI is InChI=1S/C34H25ClF4N2O5S/c1-19(31-26(35)11-6-12-27(31)36)15-21-13-14-29-28(16-21)40(47(44,45)23-8-5-7-22(17-23)34(37,38)39)18-30(46-29)20(2)41-32(42)24-9-3-4-10-25(24)33(41)43/h3-17,20,30H,18H2,1-2H3/b19-15+/t20-,30-/m1/s1. The van der Waals surface area contributed by atoms with Crippen molar-refractivity contribution in [1.82, 2.24) is 4.90 Å². The normalized spacial score (nSPS) is 17.3. The Kier molecular flexibility index (Phi) is 8.13. The maximum Gasteiger partial charge on any atom is 0.416 e. The molecule has 2 amide bonds. The van der Waals surface area contributed by atoms with Crippen LogP contribution in [-0.2, 0) is 16.2 Å². The Balaban J connectivity index is 1.44. The molecule has 0 fully saturated rings. The van der Waals surface area contributed by atoms with Gasteiger partial charge in [0.05, 0.1) is 44.9 Å². The van der Waals surface area contributed by atoms with Crippen LogP contribution in [0.1, 0.15) is 51.3 Å². The first kappa shape index (κ1) is 32.3. The molecule has 0 aromatic heterocycles. The molecule has 2 aliphatic heterocycles. The van der Waals surface area contributed by atoms with Gasteiger partial charge in [0, 0.05) is 5.56 Å². The molecule has 2 heterocycles. The van der Waals surface area contributed by atoms with Crippen LogP contribution in [-0.4, -0.2) is 43.8 Å². The maximum atomic E-state index is 14.6. The number of ether oxygens (including phenoxy) is 1. The minimum absolute atomic E-state index is 0.00518. The van der Waals surface area contributed by atoms with Gasteiger partial charge in [-0.2, -0.15) is 13.2 Å². The van der Waals surface area contributed by atoms with Gasteiger partial charge in [-0.25, -0.2) is 12.8 Å². The molecule has 6 rings (SSSR count). The Hall–Kier alpha value is -4.68. The first-order valence-electron chi connectivity index (χ1n) is 14.3. The summed E-state index contributed by atoms with van der Waals surface area (Å²) in [6, 6.07) is 17.3. The fourth-order valence-corrected chi connectivity index (χ4v) is 7.60. The molecule has 2 atom stereocenters.